The van der Waals surface area contributed by atoms with Crippen molar-refractivity contribution >= 4 is 16.7 Å². The predicted molar refractivity (Wildman–Crippen MR) is 121 cm³/mol. The topological polar surface area (TPSA) is 80.1 Å². The Morgan fingerprint density at radius 1 is 1.00 bits per heavy atom. The summed E-state index contributed by atoms with van der Waals surface area (Å²) in [4.78, 5) is 31.9. The van der Waals surface area contributed by atoms with Gasteiger partial charge in [0.05, 0.1) is 11.1 Å². The Bertz CT molecular complexity index is 1070. The molecule has 0 bridgehead atoms. The van der Waals surface area contributed by atoms with Gasteiger partial charge in [-0.15, -0.1) is 0 Å². The van der Waals surface area contributed by atoms with Gasteiger partial charge in [-0.2, -0.15) is 5.10 Å². The molecule has 2 aromatic heterocycles. The number of amides is 1. The molecule has 0 saturated carbocycles. The summed E-state index contributed by atoms with van der Waals surface area (Å²) in [5.41, 5.74) is 1.59. The van der Waals surface area contributed by atoms with Crippen molar-refractivity contribution in [2.45, 2.75) is 38.6 Å². The molecule has 3 aromatic rings. The van der Waals surface area contributed by atoms with Gasteiger partial charge in [0.15, 0.2) is 0 Å². The van der Waals surface area contributed by atoms with Crippen molar-refractivity contribution in [2.75, 3.05) is 26.2 Å². The van der Waals surface area contributed by atoms with Gasteiger partial charge in [0.2, 0.25) is 5.91 Å². The summed E-state index contributed by atoms with van der Waals surface area (Å²) < 4.78 is 1.29. The Hall–Kier alpha value is -3.06. The molecule has 0 atom stereocenters. The summed E-state index contributed by atoms with van der Waals surface area (Å²) in [5.74, 6) is -0.182. The number of nitrogens with one attached hydrogen (secondary N) is 1. The third kappa shape index (κ3) is 5.55. The largest absolute Gasteiger partial charge is 0.354 e. The fourth-order valence-corrected chi connectivity index (χ4v) is 4.14. The monoisotopic (exact) mass is 419 g/mol. The number of carbonyl (C=O) groups is 1. The number of rotatable bonds is 8. The van der Waals surface area contributed by atoms with Crippen molar-refractivity contribution in [2.24, 2.45) is 0 Å². The lowest BCUT2D eigenvalue weighted by Gasteiger charge is -2.26. The molecule has 0 aliphatic carbocycles. The fourth-order valence-electron chi connectivity index (χ4n) is 4.14. The van der Waals surface area contributed by atoms with Gasteiger partial charge in [-0.1, -0.05) is 24.6 Å². The molecule has 162 valence electrons. The van der Waals surface area contributed by atoms with Crippen molar-refractivity contribution in [1.82, 2.24) is 25.0 Å². The maximum absolute atomic E-state index is 12.9. The average molecular weight is 420 g/mol. The number of piperidine rings is 1. The number of carbonyl (C=O) groups excluding carboxylic acids is 1. The first-order valence-corrected chi connectivity index (χ1v) is 11.1. The normalized spacial score (nSPS) is 14.6. The highest BCUT2D eigenvalue weighted by atomic mass is 16.2. The number of aromatic nitrogens is 3. The van der Waals surface area contributed by atoms with Crippen LogP contribution in [-0.4, -0.2) is 51.8 Å². The van der Waals surface area contributed by atoms with Crippen LogP contribution in [0.4, 0.5) is 0 Å². The van der Waals surface area contributed by atoms with Crippen LogP contribution in [-0.2, 0) is 17.8 Å². The van der Waals surface area contributed by atoms with Crippen LogP contribution in [0, 0.1) is 0 Å². The van der Waals surface area contributed by atoms with Crippen molar-refractivity contribution in [3.8, 4) is 0 Å². The fraction of sp³-hybridized carbons (Fsp3) is 0.417. The van der Waals surface area contributed by atoms with E-state index in [1.54, 1.807) is 18.5 Å². The number of benzene rings is 1. The molecule has 7 nitrogen and oxygen atoms in total. The van der Waals surface area contributed by atoms with E-state index in [-0.39, 0.29) is 18.0 Å². The molecule has 1 fully saturated rings. The molecule has 31 heavy (non-hydrogen) atoms. The molecule has 1 aliphatic rings. The van der Waals surface area contributed by atoms with Gasteiger partial charge in [0.25, 0.3) is 5.56 Å². The minimum absolute atomic E-state index is 0.0727. The summed E-state index contributed by atoms with van der Waals surface area (Å²) in [7, 11) is 0. The third-order valence-corrected chi connectivity index (χ3v) is 5.78. The first kappa shape index (κ1) is 21.2. The van der Waals surface area contributed by atoms with E-state index in [0.717, 1.165) is 42.7 Å². The zero-order chi connectivity index (χ0) is 21.5. The molecule has 0 spiro atoms. The smallest absolute Gasteiger partial charge is 0.275 e. The SMILES string of the molecule is O=C(Cn1nc(Cc2ccncc2)c2ccccc2c1=O)NCCCN1CCCCC1. The van der Waals surface area contributed by atoms with Crippen molar-refractivity contribution in [3.05, 3.63) is 70.4 Å². The quantitative estimate of drug-likeness (QED) is 0.567. The van der Waals surface area contributed by atoms with Gasteiger partial charge in [0, 0.05) is 30.7 Å². The van der Waals surface area contributed by atoms with Crippen LogP contribution >= 0.6 is 0 Å². The van der Waals surface area contributed by atoms with Gasteiger partial charge in [-0.05, 0) is 62.7 Å². The van der Waals surface area contributed by atoms with Crippen LogP contribution in [0.1, 0.15) is 36.9 Å². The molecular weight excluding hydrogens is 390 g/mol. The molecule has 0 unspecified atom stereocenters. The van der Waals surface area contributed by atoms with Gasteiger partial charge in [0.1, 0.15) is 6.54 Å². The first-order valence-electron chi connectivity index (χ1n) is 11.1. The molecule has 0 radical (unpaired) electrons. The first-order chi connectivity index (χ1) is 15.2. The summed E-state index contributed by atoms with van der Waals surface area (Å²) in [6.45, 7) is 3.86. The van der Waals surface area contributed by atoms with Gasteiger partial charge in [-0.3, -0.25) is 14.6 Å². The van der Waals surface area contributed by atoms with Gasteiger partial charge in [-0.25, -0.2) is 4.68 Å². The van der Waals surface area contributed by atoms with E-state index in [2.05, 4.69) is 20.3 Å². The van der Waals surface area contributed by atoms with E-state index >= 15 is 0 Å². The van der Waals surface area contributed by atoms with Crippen molar-refractivity contribution < 1.29 is 4.79 Å². The minimum atomic E-state index is -0.238. The molecule has 1 saturated heterocycles. The van der Waals surface area contributed by atoms with E-state index < -0.39 is 0 Å². The maximum Gasteiger partial charge on any atom is 0.275 e. The van der Waals surface area contributed by atoms with E-state index in [1.165, 1.54) is 23.9 Å². The van der Waals surface area contributed by atoms with E-state index in [4.69, 9.17) is 0 Å². The lowest BCUT2D eigenvalue weighted by molar-refractivity contribution is -0.121. The van der Waals surface area contributed by atoms with E-state index in [9.17, 15) is 9.59 Å². The number of hydrogen-bond acceptors (Lipinski definition) is 5. The minimum Gasteiger partial charge on any atom is -0.354 e. The Labute approximate surface area is 182 Å². The summed E-state index contributed by atoms with van der Waals surface area (Å²) in [6, 6.07) is 11.3. The van der Waals surface area contributed by atoms with Crippen LogP contribution < -0.4 is 10.9 Å². The lowest BCUT2D eigenvalue weighted by Crippen LogP contribution is -2.36. The van der Waals surface area contributed by atoms with Crippen LogP contribution in [0.3, 0.4) is 0 Å². The maximum atomic E-state index is 12.9. The predicted octanol–water partition coefficient (Wildman–Crippen LogP) is 2.37. The number of hydrogen-bond donors (Lipinski definition) is 1. The molecule has 7 heteroatoms. The molecule has 1 N–H and O–H groups in total. The molecule has 1 aromatic carbocycles. The van der Waals surface area contributed by atoms with E-state index in [1.807, 2.05) is 30.3 Å². The zero-order valence-electron chi connectivity index (χ0n) is 17.8. The van der Waals surface area contributed by atoms with Gasteiger partial charge >= 0.3 is 0 Å². The second-order valence-corrected chi connectivity index (χ2v) is 8.09. The highest BCUT2D eigenvalue weighted by Gasteiger charge is 2.14. The third-order valence-electron chi connectivity index (χ3n) is 5.78. The Morgan fingerprint density at radius 3 is 2.52 bits per heavy atom. The number of likely N-dealkylation sites (tertiary alicyclic amines) is 1. The molecule has 1 aliphatic heterocycles. The Morgan fingerprint density at radius 2 is 1.74 bits per heavy atom. The summed E-state index contributed by atoms with van der Waals surface area (Å²) >= 11 is 0. The van der Waals surface area contributed by atoms with Crippen molar-refractivity contribution in [3.63, 3.8) is 0 Å². The second-order valence-electron chi connectivity index (χ2n) is 8.09. The molecular formula is C24H29N5O2. The molecule has 1 amide bonds. The zero-order valence-corrected chi connectivity index (χ0v) is 17.8. The highest BCUT2D eigenvalue weighted by Crippen LogP contribution is 2.16. The van der Waals surface area contributed by atoms with E-state index in [0.29, 0.717) is 18.4 Å². The number of pyridine rings is 1. The number of fused-ring (bicyclic) bond motifs is 1. The van der Waals surface area contributed by atoms with Crippen LogP contribution in [0.25, 0.3) is 10.8 Å². The van der Waals surface area contributed by atoms with Gasteiger partial charge < -0.3 is 10.2 Å². The standard InChI is InChI=1S/C24H29N5O2/c30-23(26-11-6-16-28-14-4-1-5-15-28)18-29-24(31)21-8-3-2-7-20(21)22(27-29)17-19-9-12-25-13-10-19/h2-3,7-10,12-13H,1,4-6,11,14-18H2,(H,26,30). The summed E-state index contributed by atoms with van der Waals surface area (Å²) in [5, 5.41) is 8.90. The lowest BCUT2D eigenvalue weighted by atomic mass is 10.1. The molecule has 4 rings (SSSR count). The Kier molecular flexibility index (Phi) is 7.04. The second kappa shape index (κ2) is 10.3. The molecule has 3 heterocycles. The van der Waals surface area contributed by atoms with Crippen molar-refractivity contribution in [1.29, 1.82) is 0 Å². The average Bonchev–Trinajstić information content (AvgIpc) is 2.81. The highest BCUT2D eigenvalue weighted by molar-refractivity contribution is 5.84. The van der Waals surface area contributed by atoms with Crippen LogP contribution in [0.15, 0.2) is 53.6 Å². The van der Waals surface area contributed by atoms with Crippen LogP contribution in [0.2, 0.25) is 0 Å². The summed E-state index contributed by atoms with van der Waals surface area (Å²) in [6.07, 6.45) is 8.83. The Balaban J connectivity index is 1.43. The number of nitrogens with zero attached hydrogens (tertiary/aromatic N) is 4. The van der Waals surface area contributed by atoms with Crippen LogP contribution in [0.5, 0.6) is 0 Å².